The van der Waals surface area contributed by atoms with Crippen LogP contribution < -0.4 is 15.1 Å². The van der Waals surface area contributed by atoms with Crippen LogP contribution in [0.25, 0.3) is 0 Å². The lowest BCUT2D eigenvalue weighted by molar-refractivity contribution is -0.137. The summed E-state index contributed by atoms with van der Waals surface area (Å²) >= 11 is 6.17. The van der Waals surface area contributed by atoms with E-state index in [0.717, 1.165) is 17.4 Å². The molecule has 2 heterocycles. The van der Waals surface area contributed by atoms with Gasteiger partial charge in [0.05, 0.1) is 24.1 Å². The standard InChI is InChI=1S/C23H25ClF3N3O2/c1-32-10-7-28-22(31)19-12-15-11-16(23(25,26)27)5-6-20(15)30-9-8-29(14-21(19)30)18-4-2-3-17(24)13-18/h2-6,11,13,19,21H,7-10,12,14H2,1H3,(H,28,31). The van der Waals surface area contributed by atoms with E-state index >= 15 is 0 Å². The van der Waals surface area contributed by atoms with E-state index in [0.29, 0.717) is 43.4 Å². The van der Waals surface area contributed by atoms with Crippen LogP contribution in [-0.2, 0) is 22.1 Å². The van der Waals surface area contributed by atoms with E-state index in [9.17, 15) is 18.0 Å². The van der Waals surface area contributed by atoms with E-state index in [1.165, 1.54) is 6.07 Å². The normalized spacial score (nSPS) is 20.5. The minimum absolute atomic E-state index is 0.172. The van der Waals surface area contributed by atoms with Crippen LogP contribution in [0.2, 0.25) is 5.02 Å². The highest BCUT2D eigenvalue weighted by Gasteiger charge is 2.42. The number of benzene rings is 2. The predicted octanol–water partition coefficient (Wildman–Crippen LogP) is 3.99. The lowest BCUT2D eigenvalue weighted by Gasteiger charge is -2.49. The Labute approximate surface area is 190 Å². The number of piperazine rings is 1. The molecule has 0 aromatic heterocycles. The highest BCUT2D eigenvalue weighted by molar-refractivity contribution is 6.30. The Morgan fingerprint density at radius 1 is 1.22 bits per heavy atom. The first kappa shape index (κ1) is 22.7. The van der Waals surface area contributed by atoms with E-state index in [-0.39, 0.29) is 18.4 Å². The molecular weight excluding hydrogens is 443 g/mol. The summed E-state index contributed by atoms with van der Waals surface area (Å²) in [6.45, 7) is 2.57. The fraction of sp³-hybridized carbons (Fsp3) is 0.435. The number of nitrogens with zero attached hydrogens (tertiary/aromatic N) is 2. The maximum absolute atomic E-state index is 13.3. The maximum atomic E-state index is 13.3. The maximum Gasteiger partial charge on any atom is 0.416 e. The number of alkyl halides is 3. The summed E-state index contributed by atoms with van der Waals surface area (Å²) in [5.41, 5.74) is 1.61. The van der Waals surface area contributed by atoms with Crippen LogP contribution in [0, 0.1) is 5.92 Å². The summed E-state index contributed by atoms with van der Waals surface area (Å²) in [4.78, 5) is 17.3. The smallest absolute Gasteiger partial charge is 0.383 e. The van der Waals surface area contributed by atoms with E-state index in [2.05, 4.69) is 15.1 Å². The molecule has 0 aliphatic carbocycles. The van der Waals surface area contributed by atoms with Gasteiger partial charge in [-0.25, -0.2) is 0 Å². The van der Waals surface area contributed by atoms with Crippen molar-refractivity contribution >= 4 is 28.9 Å². The number of ether oxygens (including phenoxy) is 1. The molecule has 2 unspecified atom stereocenters. The number of carbonyl (C=O) groups is 1. The summed E-state index contributed by atoms with van der Waals surface area (Å²) in [5.74, 6) is -0.655. The third-order valence-electron chi connectivity index (χ3n) is 6.15. The number of nitrogens with one attached hydrogen (secondary N) is 1. The summed E-state index contributed by atoms with van der Waals surface area (Å²) in [6.07, 6.45) is -4.17. The van der Waals surface area contributed by atoms with Crippen molar-refractivity contribution < 1.29 is 22.7 Å². The third-order valence-corrected chi connectivity index (χ3v) is 6.39. The van der Waals surface area contributed by atoms with E-state index in [4.69, 9.17) is 16.3 Å². The molecular formula is C23H25ClF3N3O2. The molecule has 1 N–H and O–H groups in total. The fourth-order valence-corrected chi connectivity index (χ4v) is 4.80. The number of hydrogen-bond acceptors (Lipinski definition) is 4. The van der Waals surface area contributed by atoms with Crippen LogP contribution in [0.1, 0.15) is 11.1 Å². The van der Waals surface area contributed by atoms with Gasteiger partial charge in [0.2, 0.25) is 5.91 Å². The Balaban J connectivity index is 1.65. The van der Waals surface area contributed by atoms with Crippen LogP contribution in [0.5, 0.6) is 0 Å². The van der Waals surface area contributed by atoms with Crippen molar-refractivity contribution in [3.8, 4) is 0 Å². The van der Waals surface area contributed by atoms with Gasteiger partial charge in [-0.3, -0.25) is 4.79 Å². The van der Waals surface area contributed by atoms with Gasteiger partial charge in [0.15, 0.2) is 0 Å². The number of hydrogen-bond donors (Lipinski definition) is 1. The number of anilines is 2. The number of fused-ring (bicyclic) bond motifs is 3. The average molecular weight is 468 g/mol. The summed E-state index contributed by atoms with van der Waals surface area (Å²) < 4.78 is 44.9. The lowest BCUT2D eigenvalue weighted by Crippen LogP contribution is -2.61. The zero-order chi connectivity index (χ0) is 22.9. The first-order valence-electron chi connectivity index (χ1n) is 10.5. The molecule has 172 valence electrons. The van der Waals surface area contributed by atoms with Crippen molar-refractivity contribution in [2.75, 3.05) is 49.7 Å². The molecule has 1 fully saturated rings. The number of carbonyl (C=O) groups excluding carboxylic acids is 1. The molecule has 2 aromatic rings. The van der Waals surface area contributed by atoms with Gasteiger partial charge < -0.3 is 19.9 Å². The van der Waals surface area contributed by atoms with Crippen molar-refractivity contribution in [1.29, 1.82) is 0 Å². The topological polar surface area (TPSA) is 44.8 Å². The second-order valence-corrected chi connectivity index (χ2v) is 8.56. The number of methoxy groups -OCH3 is 1. The molecule has 0 bridgehead atoms. The first-order valence-corrected chi connectivity index (χ1v) is 10.9. The molecule has 9 heteroatoms. The number of rotatable bonds is 5. The summed E-state index contributed by atoms with van der Waals surface area (Å²) in [7, 11) is 1.55. The minimum Gasteiger partial charge on any atom is -0.383 e. The quantitative estimate of drug-likeness (QED) is 0.675. The molecule has 0 spiro atoms. The van der Waals surface area contributed by atoms with Crippen molar-refractivity contribution in [3.63, 3.8) is 0 Å². The van der Waals surface area contributed by atoms with Crippen molar-refractivity contribution in [1.82, 2.24) is 5.32 Å². The zero-order valence-corrected chi connectivity index (χ0v) is 18.4. The largest absolute Gasteiger partial charge is 0.416 e. The van der Waals surface area contributed by atoms with E-state index < -0.39 is 17.7 Å². The highest BCUT2D eigenvalue weighted by atomic mass is 35.5. The Morgan fingerprint density at radius 2 is 2.03 bits per heavy atom. The Morgan fingerprint density at radius 3 is 2.75 bits per heavy atom. The molecule has 0 saturated carbocycles. The molecule has 2 aliphatic rings. The van der Waals surface area contributed by atoms with E-state index in [1.54, 1.807) is 13.2 Å². The Kier molecular flexibility index (Phi) is 6.53. The molecule has 5 nitrogen and oxygen atoms in total. The highest BCUT2D eigenvalue weighted by Crippen LogP contribution is 2.40. The van der Waals surface area contributed by atoms with Gasteiger partial charge in [0.1, 0.15) is 0 Å². The molecule has 4 rings (SSSR count). The number of amides is 1. The van der Waals surface area contributed by atoms with Crippen molar-refractivity contribution in [2.24, 2.45) is 5.92 Å². The summed E-state index contributed by atoms with van der Waals surface area (Å²) in [5, 5.41) is 3.51. The molecule has 32 heavy (non-hydrogen) atoms. The average Bonchev–Trinajstić information content (AvgIpc) is 2.77. The third kappa shape index (κ3) is 4.66. The van der Waals surface area contributed by atoms with Gasteiger partial charge in [-0.1, -0.05) is 17.7 Å². The fourth-order valence-electron chi connectivity index (χ4n) is 4.61. The minimum atomic E-state index is -4.42. The SMILES string of the molecule is COCCNC(=O)C1Cc2cc(C(F)(F)F)ccc2N2CCN(c3cccc(Cl)c3)CC12. The molecule has 1 saturated heterocycles. The first-order chi connectivity index (χ1) is 15.3. The number of halogens is 4. The van der Waals surface area contributed by atoms with Gasteiger partial charge in [-0.2, -0.15) is 13.2 Å². The van der Waals surface area contributed by atoms with Crippen molar-refractivity contribution in [3.05, 3.63) is 58.6 Å². The van der Waals surface area contributed by atoms with Crippen LogP contribution in [0.3, 0.4) is 0 Å². The zero-order valence-electron chi connectivity index (χ0n) is 17.7. The van der Waals surface area contributed by atoms with Crippen LogP contribution >= 0.6 is 11.6 Å². The molecule has 2 aliphatic heterocycles. The second-order valence-electron chi connectivity index (χ2n) is 8.12. The molecule has 2 aromatic carbocycles. The molecule has 2 atom stereocenters. The van der Waals surface area contributed by atoms with Gasteiger partial charge >= 0.3 is 6.18 Å². The Bertz CT molecular complexity index is 985. The van der Waals surface area contributed by atoms with Gasteiger partial charge in [0.25, 0.3) is 0 Å². The van der Waals surface area contributed by atoms with E-state index in [1.807, 2.05) is 24.3 Å². The monoisotopic (exact) mass is 467 g/mol. The second kappa shape index (κ2) is 9.19. The van der Waals surface area contributed by atoms with Gasteiger partial charge in [0, 0.05) is 49.7 Å². The molecule has 0 radical (unpaired) electrons. The lowest BCUT2D eigenvalue weighted by atomic mass is 9.82. The Hall–Kier alpha value is -2.45. The summed E-state index contributed by atoms with van der Waals surface area (Å²) in [6, 6.07) is 11.2. The van der Waals surface area contributed by atoms with Crippen LogP contribution in [-0.4, -0.2) is 51.8 Å². The van der Waals surface area contributed by atoms with Crippen molar-refractivity contribution in [2.45, 2.75) is 18.6 Å². The predicted molar refractivity (Wildman–Crippen MR) is 118 cm³/mol. The van der Waals surface area contributed by atoms with Crippen LogP contribution in [0.15, 0.2) is 42.5 Å². The van der Waals surface area contributed by atoms with Crippen LogP contribution in [0.4, 0.5) is 24.5 Å². The van der Waals surface area contributed by atoms with Gasteiger partial charge in [-0.15, -0.1) is 0 Å². The molecule has 1 amide bonds. The van der Waals surface area contributed by atoms with Gasteiger partial charge in [-0.05, 0) is 48.4 Å².